The van der Waals surface area contributed by atoms with Gasteiger partial charge in [-0.05, 0) is 47.2 Å². The molecule has 0 saturated heterocycles. The lowest BCUT2D eigenvalue weighted by Crippen LogP contribution is -2.01. The van der Waals surface area contributed by atoms with Crippen LogP contribution in [0.25, 0.3) is 119 Å². The maximum Gasteiger partial charge on any atom is 0.164 e. The molecule has 0 radical (unpaired) electrons. The molecule has 0 atom stereocenters. The van der Waals surface area contributed by atoms with Crippen molar-refractivity contribution in [3.05, 3.63) is 170 Å². The van der Waals surface area contributed by atoms with Crippen LogP contribution in [-0.4, -0.2) is 19.9 Å². The zero-order valence-corrected chi connectivity index (χ0v) is 31.8. The number of furan rings is 1. The maximum atomic E-state index is 6.31. The molecule has 12 aromatic rings. The zero-order valence-electron chi connectivity index (χ0n) is 30.2. The monoisotopic (exact) mass is 764 g/mol. The normalized spacial score (nSPS) is 11.9. The molecular formula is C50H28N4OS2. The van der Waals surface area contributed by atoms with Gasteiger partial charge in [-0.2, -0.15) is 0 Å². The molecule has 8 aromatic carbocycles. The molecule has 4 heterocycles. The van der Waals surface area contributed by atoms with Gasteiger partial charge in [-0.1, -0.05) is 133 Å². The Labute approximate surface area is 334 Å². The van der Waals surface area contributed by atoms with Crippen LogP contribution in [0.4, 0.5) is 0 Å². The smallest absolute Gasteiger partial charge is 0.164 e. The quantitative estimate of drug-likeness (QED) is 0.175. The number of thiophene rings is 1. The Morgan fingerprint density at radius 3 is 1.84 bits per heavy atom. The van der Waals surface area contributed by atoms with E-state index in [1.54, 1.807) is 11.3 Å². The first kappa shape index (κ1) is 32.2. The Morgan fingerprint density at radius 2 is 1.05 bits per heavy atom. The van der Waals surface area contributed by atoms with Crippen LogP contribution in [0.3, 0.4) is 0 Å². The summed E-state index contributed by atoms with van der Waals surface area (Å²) < 4.78 is 9.93. The van der Waals surface area contributed by atoms with Gasteiger partial charge in [-0.3, -0.25) is 0 Å². The third kappa shape index (κ3) is 5.20. The second kappa shape index (κ2) is 12.7. The molecular weight excluding hydrogens is 737 g/mol. The molecule has 0 unspecified atom stereocenters. The van der Waals surface area contributed by atoms with Crippen molar-refractivity contribution in [3.63, 3.8) is 0 Å². The van der Waals surface area contributed by atoms with Crippen LogP contribution in [-0.2, 0) is 0 Å². The van der Waals surface area contributed by atoms with Gasteiger partial charge < -0.3 is 4.42 Å². The summed E-state index contributed by atoms with van der Waals surface area (Å²) in [4.78, 5) is 20.8. The summed E-state index contributed by atoms with van der Waals surface area (Å²) in [5.41, 5.74) is 8.74. The first-order chi connectivity index (χ1) is 28.2. The fourth-order valence-corrected chi connectivity index (χ4v) is 10.5. The van der Waals surface area contributed by atoms with E-state index in [4.69, 9.17) is 24.4 Å². The first-order valence-electron chi connectivity index (χ1n) is 18.8. The van der Waals surface area contributed by atoms with Crippen LogP contribution in [0.15, 0.2) is 174 Å². The van der Waals surface area contributed by atoms with Crippen LogP contribution in [0.2, 0.25) is 0 Å². The standard InChI is InChI=1S/C50H28N4OS2/c1-3-14-30(15-4-1)47-52-48(31-16-5-2-6-17-31)54-49(53-47)37-26-23-29-13-7-8-18-33(29)43(37)38-28-39-46(44-36-20-10-12-22-42(36)56-45(38)44)57-50(51-39)32-24-25-35-34-19-9-11-21-40(34)55-41(35)27-32/h1-28H. The number of benzene rings is 8. The van der Waals surface area contributed by atoms with E-state index in [1.807, 2.05) is 59.9 Å². The highest BCUT2D eigenvalue weighted by Gasteiger charge is 2.24. The van der Waals surface area contributed by atoms with Crippen LogP contribution >= 0.6 is 22.7 Å². The molecule has 12 rings (SSSR count). The molecule has 0 amide bonds. The van der Waals surface area contributed by atoms with Crippen molar-refractivity contribution in [1.82, 2.24) is 19.9 Å². The van der Waals surface area contributed by atoms with Crippen molar-refractivity contribution in [3.8, 4) is 55.9 Å². The molecule has 0 aliphatic heterocycles. The van der Waals surface area contributed by atoms with Crippen LogP contribution in [0, 0.1) is 0 Å². The Hall–Kier alpha value is -7.06. The predicted molar refractivity (Wildman–Crippen MR) is 238 cm³/mol. The molecule has 5 nitrogen and oxygen atoms in total. The van der Waals surface area contributed by atoms with E-state index in [0.29, 0.717) is 17.5 Å². The third-order valence-corrected chi connectivity index (χ3v) is 13.1. The first-order valence-corrected chi connectivity index (χ1v) is 20.4. The van der Waals surface area contributed by atoms with E-state index < -0.39 is 0 Å². The summed E-state index contributed by atoms with van der Waals surface area (Å²) in [5.74, 6) is 1.88. The fraction of sp³-hybridized carbons (Fsp3) is 0. The maximum absolute atomic E-state index is 6.31. The highest BCUT2D eigenvalue weighted by molar-refractivity contribution is 7.28. The summed E-state index contributed by atoms with van der Waals surface area (Å²) >= 11 is 3.57. The molecule has 0 N–H and O–H groups in total. The van der Waals surface area contributed by atoms with Crippen LogP contribution < -0.4 is 0 Å². The highest BCUT2D eigenvalue weighted by atomic mass is 32.1. The number of nitrogens with zero attached hydrogens (tertiary/aromatic N) is 4. The lowest BCUT2D eigenvalue weighted by atomic mass is 9.91. The number of fused-ring (bicyclic) bond motifs is 9. The molecule has 4 aromatic heterocycles. The summed E-state index contributed by atoms with van der Waals surface area (Å²) in [6.45, 7) is 0. The molecule has 266 valence electrons. The average molecular weight is 765 g/mol. The Bertz CT molecular complexity index is 3470. The van der Waals surface area contributed by atoms with Crippen molar-refractivity contribution in [1.29, 1.82) is 0 Å². The van der Waals surface area contributed by atoms with Gasteiger partial charge in [0.1, 0.15) is 16.2 Å². The van der Waals surface area contributed by atoms with Crippen molar-refractivity contribution in [2.45, 2.75) is 0 Å². The molecule has 0 bridgehead atoms. The Kier molecular flexibility index (Phi) is 7.20. The van der Waals surface area contributed by atoms with Gasteiger partial charge in [-0.25, -0.2) is 19.9 Å². The molecule has 57 heavy (non-hydrogen) atoms. The van der Waals surface area contributed by atoms with Crippen LogP contribution in [0.5, 0.6) is 0 Å². The third-order valence-electron chi connectivity index (χ3n) is 10.8. The number of aromatic nitrogens is 4. The number of thiazole rings is 1. The van der Waals surface area contributed by atoms with Crippen molar-refractivity contribution in [2.75, 3.05) is 0 Å². The summed E-state index contributed by atoms with van der Waals surface area (Å²) in [6, 6.07) is 58.9. The van der Waals surface area contributed by atoms with Gasteiger partial charge in [0.25, 0.3) is 0 Å². The van der Waals surface area contributed by atoms with Crippen molar-refractivity contribution >= 4 is 85.8 Å². The summed E-state index contributed by atoms with van der Waals surface area (Å²) in [7, 11) is 0. The van der Waals surface area contributed by atoms with E-state index >= 15 is 0 Å². The number of para-hydroxylation sites is 1. The molecule has 0 saturated carbocycles. The Morgan fingerprint density at radius 1 is 0.404 bits per heavy atom. The van der Waals surface area contributed by atoms with Gasteiger partial charge in [0.05, 0.1) is 10.2 Å². The van der Waals surface area contributed by atoms with Gasteiger partial charge in [0, 0.05) is 64.3 Å². The predicted octanol–water partition coefficient (Wildman–Crippen LogP) is 14.2. The number of rotatable bonds is 5. The molecule has 0 aliphatic rings. The molecule has 7 heteroatoms. The highest BCUT2D eigenvalue weighted by Crippen LogP contribution is 2.50. The molecule has 0 spiro atoms. The minimum atomic E-state index is 0.621. The van der Waals surface area contributed by atoms with Gasteiger partial charge >= 0.3 is 0 Å². The molecule has 0 aliphatic carbocycles. The summed E-state index contributed by atoms with van der Waals surface area (Å²) in [6.07, 6.45) is 0. The largest absolute Gasteiger partial charge is 0.456 e. The average Bonchev–Trinajstić information content (AvgIpc) is 3.99. The van der Waals surface area contributed by atoms with E-state index in [-0.39, 0.29) is 0 Å². The fourth-order valence-electron chi connectivity index (χ4n) is 8.12. The minimum absolute atomic E-state index is 0.621. The van der Waals surface area contributed by atoms with Gasteiger partial charge in [0.2, 0.25) is 0 Å². The van der Waals surface area contributed by atoms with Gasteiger partial charge in [0.15, 0.2) is 17.5 Å². The lowest BCUT2D eigenvalue weighted by Gasteiger charge is -2.15. The minimum Gasteiger partial charge on any atom is -0.456 e. The van der Waals surface area contributed by atoms with E-state index in [0.717, 1.165) is 76.6 Å². The Balaban J connectivity index is 1.14. The second-order valence-corrected chi connectivity index (χ2v) is 16.2. The van der Waals surface area contributed by atoms with E-state index in [9.17, 15) is 0 Å². The lowest BCUT2D eigenvalue weighted by molar-refractivity contribution is 0.669. The van der Waals surface area contributed by atoms with E-state index in [2.05, 4.69) is 121 Å². The second-order valence-electron chi connectivity index (χ2n) is 14.2. The topological polar surface area (TPSA) is 64.7 Å². The van der Waals surface area contributed by atoms with Crippen molar-refractivity contribution < 1.29 is 4.42 Å². The number of hydrogen-bond acceptors (Lipinski definition) is 7. The molecule has 0 fully saturated rings. The zero-order chi connectivity index (χ0) is 37.5. The van der Waals surface area contributed by atoms with Crippen molar-refractivity contribution in [2.24, 2.45) is 0 Å². The van der Waals surface area contributed by atoms with Gasteiger partial charge in [-0.15, -0.1) is 22.7 Å². The SMILES string of the molecule is c1ccc(-c2nc(-c3ccccc3)nc(-c3ccc4ccccc4c3-c3cc4nc(-c5ccc6c(c5)oc5ccccc56)sc4c4c3sc3ccccc34)n2)cc1. The number of hydrogen-bond donors (Lipinski definition) is 0. The summed E-state index contributed by atoms with van der Waals surface area (Å²) in [5, 5.41) is 7.91. The van der Waals surface area contributed by atoms with Crippen LogP contribution in [0.1, 0.15) is 0 Å². The van der Waals surface area contributed by atoms with E-state index in [1.165, 1.54) is 24.9 Å².